The maximum Gasteiger partial charge on any atom is 0.255 e. The topological polar surface area (TPSA) is 85.4 Å². The first-order chi connectivity index (χ1) is 18.3. The van der Waals surface area contributed by atoms with E-state index in [9.17, 15) is 9.18 Å². The number of likely N-dealkylation sites (tertiary alicyclic amines) is 1. The molecule has 1 aliphatic heterocycles. The van der Waals surface area contributed by atoms with Crippen molar-refractivity contribution in [3.8, 4) is 17.2 Å². The van der Waals surface area contributed by atoms with Gasteiger partial charge in [-0.2, -0.15) is 0 Å². The average molecular weight is 514 g/mol. The molecular formula is C30H32FN5O2. The van der Waals surface area contributed by atoms with Gasteiger partial charge in [-0.25, -0.2) is 9.37 Å². The summed E-state index contributed by atoms with van der Waals surface area (Å²) in [6.07, 6.45) is 5.86. The second-order valence-corrected chi connectivity index (χ2v) is 9.94. The number of carbonyl (C=O) groups excluding carboxylic acids is 1. The first-order valence-corrected chi connectivity index (χ1v) is 12.8. The molecule has 0 spiro atoms. The van der Waals surface area contributed by atoms with Gasteiger partial charge in [-0.05, 0) is 86.8 Å². The van der Waals surface area contributed by atoms with Crippen molar-refractivity contribution in [2.24, 2.45) is 5.73 Å². The fourth-order valence-electron chi connectivity index (χ4n) is 4.75. The van der Waals surface area contributed by atoms with Gasteiger partial charge < -0.3 is 20.4 Å². The van der Waals surface area contributed by atoms with Crippen LogP contribution in [0.5, 0.6) is 11.5 Å². The number of rotatable bonds is 7. The number of anilines is 1. The third-order valence-corrected chi connectivity index (χ3v) is 6.67. The molecule has 5 rings (SSSR count). The largest absolute Gasteiger partial charge is 0.457 e. The number of piperidine rings is 1. The maximum absolute atomic E-state index is 13.6. The van der Waals surface area contributed by atoms with E-state index in [1.165, 1.54) is 12.1 Å². The van der Waals surface area contributed by atoms with Crippen LogP contribution >= 0.6 is 0 Å². The molecule has 0 saturated carbocycles. The van der Waals surface area contributed by atoms with Crippen LogP contribution in [0.25, 0.3) is 5.69 Å². The number of halogens is 1. The van der Waals surface area contributed by atoms with Crippen LogP contribution < -0.4 is 15.8 Å². The van der Waals surface area contributed by atoms with E-state index in [1.54, 1.807) is 30.6 Å². The van der Waals surface area contributed by atoms with Crippen LogP contribution in [0.1, 0.15) is 40.0 Å². The normalized spacial score (nSPS) is 15.8. The first-order valence-electron chi connectivity index (χ1n) is 12.8. The molecular weight excluding hydrogens is 481 g/mol. The van der Waals surface area contributed by atoms with Gasteiger partial charge in [0, 0.05) is 48.3 Å². The molecule has 1 aromatic heterocycles. The molecule has 0 unspecified atom stereocenters. The van der Waals surface area contributed by atoms with E-state index in [2.05, 4.69) is 21.3 Å². The summed E-state index contributed by atoms with van der Waals surface area (Å²) in [7, 11) is 0. The molecule has 1 fully saturated rings. The SMILES string of the molecule is Cc1cn(-c2cc(CN3CCC[C@H](N)C3)cc(NC(=O)c3ccc(C)c(Oc4cccc(F)c4)c3)c2)cn1. The molecule has 8 heteroatoms. The zero-order valence-electron chi connectivity index (χ0n) is 21.7. The summed E-state index contributed by atoms with van der Waals surface area (Å²) >= 11 is 0. The van der Waals surface area contributed by atoms with Gasteiger partial charge in [-0.15, -0.1) is 0 Å². The number of hydrogen-bond acceptors (Lipinski definition) is 5. The van der Waals surface area contributed by atoms with Gasteiger partial charge in [0.15, 0.2) is 0 Å². The van der Waals surface area contributed by atoms with E-state index >= 15 is 0 Å². The Balaban J connectivity index is 1.40. The maximum atomic E-state index is 13.6. The number of ether oxygens (including phenoxy) is 1. The van der Waals surface area contributed by atoms with Crippen LogP contribution in [0.15, 0.2) is 73.2 Å². The molecule has 2 heterocycles. The number of nitrogens with two attached hydrogens (primary N) is 1. The Morgan fingerprint density at radius 3 is 2.79 bits per heavy atom. The Kier molecular flexibility index (Phi) is 7.53. The van der Waals surface area contributed by atoms with Crippen molar-refractivity contribution in [3.05, 3.63) is 101 Å². The van der Waals surface area contributed by atoms with E-state index in [0.29, 0.717) is 22.7 Å². The van der Waals surface area contributed by atoms with Crippen molar-refractivity contribution in [1.29, 1.82) is 0 Å². The molecule has 0 bridgehead atoms. The summed E-state index contributed by atoms with van der Waals surface area (Å²) in [5.41, 5.74) is 11.1. The van der Waals surface area contributed by atoms with Crippen LogP contribution in [-0.2, 0) is 6.54 Å². The summed E-state index contributed by atoms with van der Waals surface area (Å²) in [4.78, 5) is 20.0. The Morgan fingerprint density at radius 1 is 1.16 bits per heavy atom. The molecule has 1 aliphatic rings. The lowest BCUT2D eigenvalue weighted by Gasteiger charge is -2.30. The number of nitrogens with one attached hydrogen (secondary N) is 1. The number of amides is 1. The van der Waals surface area contributed by atoms with Gasteiger partial charge in [0.25, 0.3) is 5.91 Å². The fraction of sp³-hybridized carbons (Fsp3) is 0.267. The lowest BCUT2D eigenvalue weighted by molar-refractivity contribution is 0.102. The van der Waals surface area contributed by atoms with E-state index < -0.39 is 0 Å². The average Bonchev–Trinajstić information content (AvgIpc) is 3.31. The summed E-state index contributed by atoms with van der Waals surface area (Å²) in [5.74, 6) is 0.215. The molecule has 0 aliphatic carbocycles. The van der Waals surface area contributed by atoms with E-state index in [0.717, 1.165) is 55.0 Å². The zero-order valence-corrected chi connectivity index (χ0v) is 21.7. The summed E-state index contributed by atoms with van der Waals surface area (Å²) < 4.78 is 21.4. The van der Waals surface area contributed by atoms with Crippen molar-refractivity contribution in [2.75, 3.05) is 18.4 Å². The molecule has 1 atom stereocenters. The lowest BCUT2D eigenvalue weighted by atomic mass is 10.0. The standard InChI is InChI=1S/C30H32FN5O2/c1-20-8-9-23(13-29(20)38-28-7-3-5-24(31)14-28)30(37)34-26-11-22(17-35-10-4-6-25(32)18-35)12-27(15-26)36-16-21(2)33-19-36/h3,5,7-9,11-16,19,25H,4,6,10,17-18,32H2,1-2H3,(H,34,37)/t25-/m0/s1. The number of benzene rings is 3. The van der Waals surface area contributed by atoms with Crippen molar-refractivity contribution in [3.63, 3.8) is 0 Å². The van der Waals surface area contributed by atoms with Crippen LogP contribution in [0.4, 0.5) is 10.1 Å². The van der Waals surface area contributed by atoms with Crippen LogP contribution in [0.2, 0.25) is 0 Å². The highest BCUT2D eigenvalue weighted by Crippen LogP contribution is 2.28. The minimum absolute atomic E-state index is 0.188. The molecule has 4 aromatic rings. The van der Waals surface area contributed by atoms with Gasteiger partial charge in [0.05, 0.1) is 12.0 Å². The number of aromatic nitrogens is 2. The third kappa shape index (κ3) is 6.27. The predicted octanol–water partition coefficient (Wildman–Crippen LogP) is 5.60. The molecule has 38 heavy (non-hydrogen) atoms. The molecule has 1 amide bonds. The molecule has 196 valence electrons. The van der Waals surface area contributed by atoms with Crippen LogP contribution in [-0.4, -0.2) is 39.5 Å². The number of carbonyl (C=O) groups is 1. The fourth-order valence-corrected chi connectivity index (χ4v) is 4.75. The van der Waals surface area contributed by atoms with Crippen molar-refractivity contribution in [2.45, 2.75) is 39.3 Å². The minimum Gasteiger partial charge on any atom is -0.457 e. The zero-order chi connectivity index (χ0) is 26.6. The molecule has 3 aromatic carbocycles. The first kappa shape index (κ1) is 25.6. The number of imidazole rings is 1. The number of nitrogens with zero attached hydrogens (tertiary/aromatic N) is 3. The van der Waals surface area contributed by atoms with Gasteiger partial charge in [0.1, 0.15) is 17.3 Å². The van der Waals surface area contributed by atoms with Gasteiger partial charge >= 0.3 is 0 Å². The van der Waals surface area contributed by atoms with E-state index in [1.807, 2.05) is 42.8 Å². The number of aryl methyl sites for hydroxylation is 2. The highest BCUT2D eigenvalue weighted by molar-refractivity contribution is 6.04. The second-order valence-electron chi connectivity index (χ2n) is 9.94. The van der Waals surface area contributed by atoms with Crippen molar-refractivity contribution >= 4 is 11.6 Å². The van der Waals surface area contributed by atoms with E-state index in [-0.39, 0.29) is 17.8 Å². The summed E-state index contributed by atoms with van der Waals surface area (Å²) in [6, 6.07) is 17.4. The Labute approximate surface area is 222 Å². The molecule has 7 nitrogen and oxygen atoms in total. The van der Waals surface area contributed by atoms with Gasteiger partial charge in [-0.3, -0.25) is 9.69 Å². The summed E-state index contributed by atoms with van der Waals surface area (Å²) in [5, 5.41) is 3.05. The number of hydrogen-bond donors (Lipinski definition) is 2. The third-order valence-electron chi connectivity index (χ3n) is 6.67. The predicted molar refractivity (Wildman–Crippen MR) is 146 cm³/mol. The van der Waals surface area contributed by atoms with Gasteiger partial charge in [-0.1, -0.05) is 12.1 Å². The lowest BCUT2D eigenvalue weighted by Crippen LogP contribution is -2.42. The monoisotopic (exact) mass is 513 g/mol. The van der Waals surface area contributed by atoms with Crippen molar-refractivity contribution < 1.29 is 13.9 Å². The smallest absolute Gasteiger partial charge is 0.255 e. The van der Waals surface area contributed by atoms with E-state index in [4.69, 9.17) is 10.5 Å². The van der Waals surface area contributed by atoms with Crippen LogP contribution in [0, 0.1) is 19.7 Å². The quantitative estimate of drug-likeness (QED) is 0.336. The van der Waals surface area contributed by atoms with Gasteiger partial charge in [0.2, 0.25) is 0 Å². The Morgan fingerprint density at radius 2 is 2.03 bits per heavy atom. The second kappa shape index (κ2) is 11.2. The molecule has 3 N–H and O–H groups in total. The highest BCUT2D eigenvalue weighted by Gasteiger charge is 2.18. The Hall–Kier alpha value is -4.01. The highest BCUT2D eigenvalue weighted by atomic mass is 19.1. The minimum atomic E-state index is -0.385. The Bertz CT molecular complexity index is 1450. The van der Waals surface area contributed by atoms with Crippen LogP contribution in [0.3, 0.4) is 0 Å². The molecule has 1 saturated heterocycles. The van der Waals surface area contributed by atoms with Crippen molar-refractivity contribution in [1.82, 2.24) is 14.5 Å². The molecule has 0 radical (unpaired) electrons. The summed E-state index contributed by atoms with van der Waals surface area (Å²) in [6.45, 7) is 6.42.